The van der Waals surface area contributed by atoms with Crippen LogP contribution in [0.15, 0.2) is 53.7 Å². The molecule has 1 heterocycles. The second-order valence-electron chi connectivity index (χ2n) is 6.87. The van der Waals surface area contributed by atoms with Gasteiger partial charge in [-0.2, -0.15) is 0 Å². The average Bonchev–Trinajstić information content (AvgIpc) is 3.49. The van der Waals surface area contributed by atoms with Crippen LogP contribution < -0.4 is 10.1 Å². The molecule has 0 radical (unpaired) electrons. The first kappa shape index (κ1) is 19.4. The minimum absolute atomic E-state index is 0.141. The number of hydrogen-bond acceptors (Lipinski definition) is 5. The molecular weight excluding hydrogens is 391 g/mol. The molecule has 1 atom stereocenters. The van der Waals surface area contributed by atoms with E-state index in [4.69, 9.17) is 4.74 Å². The molecule has 0 spiro atoms. The van der Waals surface area contributed by atoms with Crippen molar-refractivity contribution >= 4 is 23.4 Å². The summed E-state index contributed by atoms with van der Waals surface area (Å²) in [4.78, 5) is 12.6. The summed E-state index contributed by atoms with van der Waals surface area (Å²) in [5, 5.41) is 11.6. The van der Waals surface area contributed by atoms with Crippen LogP contribution in [-0.2, 0) is 4.79 Å². The number of nitrogens with one attached hydrogen (secondary N) is 1. The lowest BCUT2D eigenvalue weighted by Gasteiger charge is -2.14. The topological polar surface area (TPSA) is 69.0 Å². The zero-order chi connectivity index (χ0) is 20.4. The lowest BCUT2D eigenvalue weighted by atomic mass is 10.2. The van der Waals surface area contributed by atoms with Crippen molar-refractivity contribution < 1.29 is 13.9 Å². The highest BCUT2D eigenvalue weighted by Gasteiger charge is 2.32. The molecule has 1 N–H and O–H groups in total. The maximum Gasteiger partial charge on any atom is 0.237 e. The normalized spacial score (nSPS) is 14.4. The van der Waals surface area contributed by atoms with Gasteiger partial charge in [0, 0.05) is 11.7 Å². The van der Waals surface area contributed by atoms with E-state index in [2.05, 4.69) is 15.5 Å². The Morgan fingerprint density at radius 3 is 2.59 bits per heavy atom. The Kier molecular flexibility index (Phi) is 5.53. The number of ether oxygens (including phenoxy) is 1. The van der Waals surface area contributed by atoms with E-state index >= 15 is 0 Å². The SMILES string of the molecule is COc1ccc(NC(=O)C(C)Sc2nnc(-c3ccccc3F)n2C2CC2)cc1. The molecule has 1 aliphatic rings. The molecule has 3 aromatic rings. The maximum absolute atomic E-state index is 14.3. The highest BCUT2D eigenvalue weighted by atomic mass is 32.2. The number of rotatable bonds is 7. The van der Waals surface area contributed by atoms with Crippen molar-refractivity contribution in [1.82, 2.24) is 14.8 Å². The van der Waals surface area contributed by atoms with Gasteiger partial charge in [-0.1, -0.05) is 23.9 Å². The Morgan fingerprint density at radius 2 is 1.93 bits per heavy atom. The van der Waals surface area contributed by atoms with Gasteiger partial charge < -0.3 is 10.1 Å². The van der Waals surface area contributed by atoms with E-state index in [-0.39, 0.29) is 17.8 Å². The summed E-state index contributed by atoms with van der Waals surface area (Å²) in [7, 11) is 1.60. The molecule has 0 bridgehead atoms. The predicted molar refractivity (Wildman–Crippen MR) is 111 cm³/mol. The van der Waals surface area contributed by atoms with E-state index in [1.807, 2.05) is 11.5 Å². The summed E-state index contributed by atoms with van der Waals surface area (Å²) in [5.41, 5.74) is 1.12. The number of methoxy groups -OCH3 is 1. The molecule has 4 rings (SSSR count). The fourth-order valence-electron chi connectivity index (χ4n) is 2.98. The van der Waals surface area contributed by atoms with Crippen LogP contribution >= 0.6 is 11.8 Å². The van der Waals surface area contributed by atoms with E-state index in [1.165, 1.54) is 17.8 Å². The molecule has 1 aromatic heterocycles. The van der Waals surface area contributed by atoms with Gasteiger partial charge in [0.2, 0.25) is 5.91 Å². The monoisotopic (exact) mass is 412 g/mol. The fourth-order valence-corrected chi connectivity index (χ4v) is 3.89. The Morgan fingerprint density at radius 1 is 1.21 bits per heavy atom. The fraction of sp³-hybridized carbons (Fsp3) is 0.286. The van der Waals surface area contributed by atoms with E-state index < -0.39 is 5.25 Å². The summed E-state index contributed by atoms with van der Waals surface area (Å²) >= 11 is 1.33. The van der Waals surface area contributed by atoms with Gasteiger partial charge in [0.25, 0.3) is 0 Å². The lowest BCUT2D eigenvalue weighted by molar-refractivity contribution is -0.115. The quantitative estimate of drug-likeness (QED) is 0.577. The number of thioether (sulfide) groups is 1. The van der Waals surface area contributed by atoms with Crippen LogP contribution in [0.5, 0.6) is 5.75 Å². The first-order valence-corrected chi connectivity index (χ1v) is 10.3. The smallest absolute Gasteiger partial charge is 0.237 e. The zero-order valence-corrected chi connectivity index (χ0v) is 16.9. The third kappa shape index (κ3) is 4.27. The van der Waals surface area contributed by atoms with Crippen molar-refractivity contribution in [3.8, 4) is 17.1 Å². The second-order valence-corrected chi connectivity index (χ2v) is 8.17. The number of halogens is 1. The van der Waals surface area contributed by atoms with Gasteiger partial charge in [0.1, 0.15) is 11.6 Å². The summed E-state index contributed by atoms with van der Waals surface area (Å²) in [6, 6.07) is 14.0. The van der Waals surface area contributed by atoms with Crippen molar-refractivity contribution in [3.05, 3.63) is 54.3 Å². The minimum atomic E-state index is -0.396. The molecule has 1 saturated carbocycles. The van der Waals surface area contributed by atoms with Crippen molar-refractivity contribution in [3.63, 3.8) is 0 Å². The summed E-state index contributed by atoms with van der Waals surface area (Å²) in [6.45, 7) is 1.82. The van der Waals surface area contributed by atoms with Crippen molar-refractivity contribution in [1.29, 1.82) is 0 Å². The molecular formula is C21H21FN4O2S. The second kappa shape index (κ2) is 8.24. The van der Waals surface area contributed by atoms with Gasteiger partial charge in [0.05, 0.1) is 17.9 Å². The molecule has 1 fully saturated rings. The number of amides is 1. The molecule has 150 valence electrons. The van der Waals surface area contributed by atoms with Crippen LogP contribution in [0.3, 0.4) is 0 Å². The number of carbonyl (C=O) groups is 1. The van der Waals surface area contributed by atoms with Gasteiger partial charge in [-0.3, -0.25) is 9.36 Å². The zero-order valence-electron chi connectivity index (χ0n) is 16.1. The molecule has 0 aliphatic heterocycles. The Labute approximate surface area is 172 Å². The maximum atomic E-state index is 14.3. The van der Waals surface area contributed by atoms with Crippen LogP contribution in [0.4, 0.5) is 10.1 Å². The van der Waals surface area contributed by atoms with Crippen LogP contribution in [0.1, 0.15) is 25.8 Å². The van der Waals surface area contributed by atoms with Gasteiger partial charge >= 0.3 is 0 Å². The summed E-state index contributed by atoms with van der Waals surface area (Å²) < 4.78 is 21.4. The highest BCUT2D eigenvalue weighted by Crippen LogP contribution is 2.42. The molecule has 6 nitrogen and oxygen atoms in total. The van der Waals surface area contributed by atoms with E-state index in [1.54, 1.807) is 49.6 Å². The molecule has 2 aromatic carbocycles. The van der Waals surface area contributed by atoms with Crippen molar-refractivity contribution in [2.75, 3.05) is 12.4 Å². The van der Waals surface area contributed by atoms with E-state index in [0.29, 0.717) is 22.2 Å². The lowest BCUT2D eigenvalue weighted by Crippen LogP contribution is -2.22. The van der Waals surface area contributed by atoms with Crippen LogP contribution in [0, 0.1) is 5.82 Å². The summed E-state index contributed by atoms with van der Waals surface area (Å²) in [5.74, 6) is 0.765. The van der Waals surface area contributed by atoms with Crippen LogP contribution in [0.25, 0.3) is 11.4 Å². The molecule has 1 amide bonds. The average molecular weight is 412 g/mol. The largest absolute Gasteiger partial charge is 0.497 e. The highest BCUT2D eigenvalue weighted by molar-refractivity contribution is 8.00. The Balaban J connectivity index is 1.51. The number of benzene rings is 2. The third-order valence-electron chi connectivity index (χ3n) is 4.70. The third-order valence-corrected chi connectivity index (χ3v) is 5.76. The van der Waals surface area contributed by atoms with E-state index in [0.717, 1.165) is 18.6 Å². The Hall–Kier alpha value is -2.87. The molecule has 0 saturated heterocycles. The first-order valence-electron chi connectivity index (χ1n) is 9.38. The van der Waals surface area contributed by atoms with Crippen LogP contribution in [0.2, 0.25) is 0 Å². The van der Waals surface area contributed by atoms with Gasteiger partial charge in [-0.25, -0.2) is 4.39 Å². The number of carbonyl (C=O) groups excluding carboxylic acids is 1. The van der Waals surface area contributed by atoms with Crippen LogP contribution in [-0.4, -0.2) is 33.0 Å². The molecule has 29 heavy (non-hydrogen) atoms. The molecule has 8 heteroatoms. The van der Waals surface area contributed by atoms with Gasteiger partial charge in [-0.05, 0) is 56.2 Å². The number of anilines is 1. The van der Waals surface area contributed by atoms with Gasteiger partial charge in [-0.15, -0.1) is 10.2 Å². The summed E-state index contributed by atoms with van der Waals surface area (Å²) in [6.07, 6.45) is 2.00. The number of nitrogens with zero attached hydrogens (tertiary/aromatic N) is 3. The predicted octanol–water partition coefficient (Wildman–Crippen LogP) is 4.55. The first-order chi connectivity index (χ1) is 14.1. The van der Waals surface area contributed by atoms with Crippen molar-refractivity contribution in [2.45, 2.75) is 36.2 Å². The van der Waals surface area contributed by atoms with Gasteiger partial charge in [0.15, 0.2) is 11.0 Å². The van der Waals surface area contributed by atoms with E-state index in [9.17, 15) is 9.18 Å². The minimum Gasteiger partial charge on any atom is -0.497 e. The molecule has 1 aliphatic carbocycles. The van der Waals surface area contributed by atoms with Crippen molar-refractivity contribution in [2.24, 2.45) is 0 Å². The standard InChI is InChI=1S/C21H21FN4O2S/c1-13(20(27)23-14-7-11-16(28-2)12-8-14)29-21-25-24-19(26(21)15-9-10-15)17-5-3-4-6-18(17)22/h3-8,11-13,15H,9-10H2,1-2H3,(H,23,27). The Bertz CT molecular complexity index is 1020. The number of hydrogen-bond donors (Lipinski definition) is 1. The molecule has 1 unspecified atom stereocenters. The number of aromatic nitrogens is 3.